The molecule has 6 heteroatoms. The number of pyridine rings is 1. The first-order valence-electron chi connectivity index (χ1n) is 17.9. The Morgan fingerprint density at radius 1 is 0.667 bits per heavy atom. The molecule has 0 amide bonds. The normalized spacial score (nSPS) is 11.2. The molecule has 0 fully saturated rings. The minimum absolute atomic E-state index is 0. The molecular formula is C48H39GeIrN3O-2. The van der Waals surface area contributed by atoms with Crippen molar-refractivity contribution in [2.45, 2.75) is 24.2 Å². The van der Waals surface area contributed by atoms with Crippen LogP contribution in [0.5, 0.6) is 0 Å². The average Bonchev–Trinajstić information content (AvgIpc) is 3.80. The zero-order valence-electron chi connectivity index (χ0n) is 30.7. The molecule has 0 aliphatic heterocycles. The van der Waals surface area contributed by atoms with E-state index in [0.717, 1.165) is 72.6 Å². The largest absolute Gasteiger partial charge is 0.305 e. The van der Waals surface area contributed by atoms with Gasteiger partial charge in [-0.25, -0.2) is 0 Å². The zero-order chi connectivity index (χ0) is 36.4. The quantitative estimate of drug-likeness (QED) is 0.123. The Hall–Kier alpha value is -5.33. The summed E-state index contributed by atoms with van der Waals surface area (Å²) in [4.78, 5) is 9.47. The van der Waals surface area contributed by atoms with Crippen LogP contribution in [0.1, 0.15) is 5.56 Å². The van der Waals surface area contributed by atoms with Crippen LogP contribution in [0.4, 0.5) is 0 Å². The Morgan fingerprint density at radius 3 is 1.94 bits per heavy atom. The maximum absolute atomic E-state index is 6.05. The third-order valence-electron chi connectivity index (χ3n) is 9.46. The summed E-state index contributed by atoms with van der Waals surface area (Å²) in [5.41, 5.74) is 12.7. The molecule has 0 spiro atoms. The van der Waals surface area contributed by atoms with Gasteiger partial charge in [0.2, 0.25) is 0 Å². The van der Waals surface area contributed by atoms with Gasteiger partial charge in [0, 0.05) is 26.3 Å². The fraction of sp³-hybridized carbons (Fsp3) is 0.0833. The van der Waals surface area contributed by atoms with E-state index >= 15 is 0 Å². The summed E-state index contributed by atoms with van der Waals surface area (Å²) in [6, 6.07) is 57.7. The predicted octanol–water partition coefficient (Wildman–Crippen LogP) is 12.0. The molecule has 0 saturated heterocycles. The number of benzene rings is 6. The van der Waals surface area contributed by atoms with Crippen molar-refractivity contribution in [2.24, 2.45) is 0 Å². The van der Waals surface area contributed by atoms with Gasteiger partial charge in [-0.3, -0.25) is 0 Å². The maximum Gasteiger partial charge on any atom is 0.0160 e. The Kier molecular flexibility index (Phi) is 10.9. The third kappa shape index (κ3) is 7.53. The van der Waals surface area contributed by atoms with Crippen molar-refractivity contribution < 1.29 is 24.5 Å². The SMILES string of the molecule is Cc1cc(-c2ccccc2)c(-n2c(-c3[c-]oc4cc[c]([Ge]([CH3])([CH3])[CH3])cc34)nc3ccccc32)c(-c2ccccc2)c1.[Ir].[c-]1ccccc1-c1ccccn1. The average molecular weight is 939 g/mol. The monoisotopic (exact) mass is 940 g/mol. The van der Waals surface area contributed by atoms with Crippen molar-refractivity contribution in [1.29, 1.82) is 0 Å². The first kappa shape index (κ1) is 37.0. The Labute approximate surface area is 333 Å². The minimum atomic E-state index is -2.10. The number of aromatic nitrogens is 3. The molecule has 0 unspecified atom stereocenters. The number of hydrogen-bond donors (Lipinski definition) is 0. The van der Waals surface area contributed by atoms with Gasteiger partial charge in [-0.15, -0.1) is 35.9 Å². The van der Waals surface area contributed by atoms with Crippen molar-refractivity contribution in [1.82, 2.24) is 14.5 Å². The second-order valence-electron chi connectivity index (χ2n) is 14.2. The van der Waals surface area contributed by atoms with Crippen LogP contribution in [0.2, 0.25) is 17.3 Å². The summed E-state index contributed by atoms with van der Waals surface area (Å²) < 4.78 is 9.81. The number of nitrogens with zero attached hydrogens (tertiary/aromatic N) is 3. The molecule has 0 aliphatic rings. The summed E-state index contributed by atoms with van der Waals surface area (Å²) in [6.45, 7) is 2.17. The van der Waals surface area contributed by atoms with Crippen LogP contribution < -0.4 is 4.40 Å². The molecule has 1 radical (unpaired) electrons. The molecule has 267 valence electrons. The van der Waals surface area contributed by atoms with Crippen LogP contribution in [-0.2, 0) is 20.1 Å². The Bertz CT molecular complexity index is 2550. The molecular weight excluding hydrogens is 899 g/mol. The number of furan rings is 1. The molecule has 3 aromatic heterocycles. The predicted molar refractivity (Wildman–Crippen MR) is 222 cm³/mol. The number of imidazole rings is 1. The fourth-order valence-electron chi connectivity index (χ4n) is 6.80. The topological polar surface area (TPSA) is 43.9 Å². The van der Waals surface area contributed by atoms with Crippen LogP contribution in [0.25, 0.3) is 72.6 Å². The van der Waals surface area contributed by atoms with E-state index in [9.17, 15) is 0 Å². The van der Waals surface area contributed by atoms with E-state index in [1.807, 2.05) is 42.5 Å². The van der Waals surface area contributed by atoms with Crippen molar-refractivity contribution in [3.8, 4) is 50.6 Å². The molecule has 0 atom stereocenters. The molecule has 9 rings (SSSR count). The summed E-state index contributed by atoms with van der Waals surface area (Å²) in [6.07, 6.45) is 5.06. The van der Waals surface area contributed by atoms with E-state index in [4.69, 9.17) is 9.40 Å². The van der Waals surface area contributed by atoms with Crippen LogP contribution >= 0.6 is 0 Å². The van der Waals surface area contributed by atoms with E-state index in [1.54, 1.807) is 6.20 Å². The number of fused-ring (bicyclic) bond motifs is 2. The van der Waals surface area contributed by atoms with Crippen molar-refractivity contribution in [3.63, 3.8) is 0 Å². The van der Waals surface area contributed by atoms with E-state index < -0.39 is 13.3 Å². The van der Waals surface area contributed by atoms with Gasteiger partial charge in [-0.05, 0) is 11.8 Å². The molecule has 4 nitrogen and oxygen atoms in total. The summed E-state index contributed by atoms with van der Waals surface area (Å²) in [7, 11) is 0. The summed E-state index contributed by atoms with van der Waals surface area (Å²) in [5.74, 6) is 8.10. The van der Waals surface area contributed by atoms with Crippen LogP contribution in [0.15, 0.2) is 168 Å². The Balaban J connectivity index is 0.000000294. The van der Waals surface area contributed by atoms with Gasteiger partial charge in [-0.1, -0.05) is 12.1 Å². The molecule has 0 aliphatic carbocycles. The van der Waals surface area contributed by atoms with Crippen LogP contribution in [0, 0.1) is 19.3 Å². The first-order valence-corrected chi connectivity index (χ1v) is 25.3. The summed E-state index contributed by atoms with van der Waals surface area (Å²) >= 11 is -2.10. The third-order valence-corrected chi connectivity index (χ3v) is 13.7. The number of rotatable bonds is 6. The first-order chi connectivity index (χ1) is 25.8. The van der Waals surface area contributed by atoms with E-state index in [2.05, 4.69) is 161 Å². The van der Waals surface area contributed by atoms with E-state index in [1.165, 1.54) is 9.96 Å². The molecule has 0 N–H and O–H groups in total. The van der Waals surface area contributed by atoms with Gasteiger partial charge in [0.15, 0.2) is 0 Å². The molecule has 9 aromatic rings. The van der Waals surface area contributed by atoms with Crippen molar-refractivity contribution >= 4 is 39.7 Å². The van der Waals surface area contributed by atoms with Crippen LogP contribution in [0.3, 0.4) is 0 Å². The maximum atomic E-state index is 6.05. The van der Waals surface area contributed by atoms with Gasteiger partial charge >= 0.3 is 244 Å². The molecule has 6 aromatic carbocycles. The van der Waals surface area contributed by atoms with Crippen LogP contribution in [-0.4, -0.2) is 27.8 Å². The fourth-order valence-corrected chi connectivity index (χ4v) is 9.23. The number of para-hydroxylation sites is 2. The summed E-state index contributed by atoms with van der Waals surface area (Å²) in [5, 5.41) is 1.06. The van der Waals surface area contributed by atoms with Crippen molar-refractivity contribution in [2.75, 3.05) is 0 Å². The standard InChI is InChI=1S/C37H31GeN2O.C11H8N.Ir/c1-25-21-29(26-13-7-5-8-14-26)36(30(22-25)27-15-9-6-10-16-27)40-34-18-12-11-17-33(34)39-37(40)32-24-41-35-20-19-28(23-31(32)35)38(2,3)4;1-2-6-10(7-3-1)11-8-4-5-9-12-11;/h5-23H,1-4H3;1-6,8-9H;/q2*-1;. The smallest absolute Gasteiger partial charge is 0.0160 e. The molecule has 0 saturated carbocycles. The number of aryl methyl sites for hydroxylation is 1. The minimum Gasteiger partial charge on any atom is -0.305 e. The number of hydrogen-bond acceptors (Lipinski definition) is 3. The molecule has 0 bridgehead atoms. The van der Waals surface area contributed by atoms with Gasteiger partial charge in [-0.2, -0.15) is 0 Å². The second-order valence-corrected chi connectivity index (χ2v) is 24.9. The van der Waals surface area contributed by atoms with Crippen molar-refractivity contribution in [3.05, 3.63) is 182 Å². The second kappa shape index (κ2) is 16.0. The zero-order valence-corrected chi connectivity index (χ0v) is 35.2. The Morgan fingerprint density at radius 2 is 1.31 bits per heavy atom. The van der Waals surface area contributed by atoms with Gasteiger partial charge < -0.3 is 4.98 Å². The van der Waals surface area contributed by atoms with E-state index in [0.29, 0.717) is 0 Å². The molecule has 54 heavy (non-hydrogen) atoms. The van der Waals surface area contributed by atoms with Gasteiger partial charge in [0.05, 0.1) is 0 Å². The van der Waals surface area contributed by atoms with Gasteiger partial charge in [0.1, 0.15) is 0 Å². The van der Waals surface area contributed by atoms with E-state index in [-0.39, 0.29) is 20.1 Å². The molecule has 3 heterocycles. The van der Waals surface area contributed by atoms with Gasteiger partial charge in [0.25, 0.3) is 0 Å².